The smallest absolute Gasteiger partial charge is 0.251 e. The first kappa shape index (κ1) is 24.9. The molecule has 1 unspecified atom stereocenters. The summed E-state index contributed by atoms with van der Waals surface area (Å²) in [6.07, 6.45) is 0. The monoisotopic (exact) mass is 550 g/mol. The summed E-state index contributed by atoms with van der Waals surface area (Å²) in [5.74, 6) is 0.892. The Morgan fingerprint density at radius 3 is 2.41 bits per heavy atom. The van der Waals surface area contributed by atoms with Gasteiger partial charge in [-0.1, -0.05) is 88.5 Å². The van der Waals surface area contributed by atoms with Gasteiger partial charge in [-0.25, -0.2) is 0 Å². The van der Waals surface area contributed by atoms with Crippen molar-refractivity contribution < 1.29 is 4.79 Å². The molecule has 0 aliphatic heterocycles. The number of benzene rings is 3. The van der Waals surface area contributed by atoms with E-state index in [9.17, 15) is 4.79 Å². The van der Waals surface area contributed by atoms with Gasteiger partial charge in [0, 0.05) is 16.3 Å². The highest BCUT2D eigenvalue weighted by Gasteiger charge is 2.23. The number of carbonyl (C=O) groups is 1. The third kappa shape index (κ3) is 5.70. The minimum Gasteiger partial charge on any atom is -0.342 e. The molecule has 1 aromatic heterocycles. The fourth-order valence-corrected chi connectivity index (χ4v) is 4.95. The van der Waals surface area contributed by atoms with Gasteiger partial charge in [-0.2, -0.15) is 0 Å². The van der Waals surface area contributed by atoms with Crippen LogP contribution in [0.2, 0.25) is 20.1 Å². The van der Waals surface area contributed by atoms with E-state index >= 15 is 0 Å². The van der Waals surface area contributed by atoms with E-state index in [4.69, 9.17) is 46.4 Å². The van der Waals surface area contributed by atoms with E-state index in [-0.39, 0.29) is 5.91 Å². The minimum absolute atomic E-state index is 0.303. The van der Waals surface area contributed by atoms with Gasteiger partial charge in [-0.3, -0.25) is 9.36 Å². The van der Waals surface area contributed by atoms with E-state index < -0.39 is 6.04 Å². The van der Waals surface area contributed by atoms with Crippen molar-refractivity contribution in [3.63, 3.8) is 0 Å². The molecule has 1 N–H and O–H groups in total. The Bertz CT molecular complexity index is 1330. The van der Waals surface area contributed by atoms with Gasteiger partial charge < -0.3 is 5.32 Å². The van der Waals surface area contributed by atoms with E-state index in [1.54, 1.807) is 30.3 Å². The molecule has 1 amide bonds. The fraction of sp³-hybridized carbons (Fsp3) is 0.125. The lowest BCUT2D eigenvalue weighted by Crippen LogP contribution is -2.28. The number of nitrogens with zero attached hydrogens (tertiary/aromatic N) is 3. The van der Waals surface area contributed by atoms with Gasteiger partial charge in [-0.05, 0) is 48.9 Å². The third-order valence-corrected chi connectivity index (χ3v) is 7.21. The first-order valence-electron chi connectivity index (χ1n) is 10.2. The summed E-state index contributed by atoms with van der Waals surface area (Å²) in [5.41, 5.74) is 2.19. The van der Waals surface area contributed by atoms with Gasteiger partial charge in [0.05, 0.1) is 26.8 Å². The highest BCUT2D eigenvalue weighted by atomic mass is 35.5. The summed E-state index contributed by atoms with van der Waals surface area (Å²) in [5, 5.41) is 14.0. The van der Waals surface area contributed by atoms with Crippen LogP contribution in [0.1, 0.15) is 34.7 Å². The molecular formula is C24H18Cl4N4OS. The number of amides is 1. The van der Waals surface area contributed by atoms with Crippen LogP contribution in [0, 0.1) is 0 Å². The van der Waals surface area contributed by atoms with Crippen molar-refractivity contribution in [1.29, 1.82) is 0 Å². The molecule has 4 aromatic rings. The molecule has 1 heterocycles. The minimum atomic E-state index is -0.493. The molecule has 5 nitrogen and oxygen atoms in total. The largest absolute Gasteiger partial charge is 0.342 e. The lowest BCUT2D eigenvalue weighted by Gasteiger charge is -2.17. The number of nitrogens with one attached hydrogen (secondary N) is 1. The van der Waals surface area contributed by atoms with Crippen molar-refractivity contribution in [2.45, 2.75) is 23.9 Å². The molecule has 10 heteroatoms. The van der Waals surface area contributed by atoms with E-state index in [1.807, 2.05) is 41.8 Å². The zero-order valence-corrected chi connectivity index (χ0v) is 21.6. The average molecular weight is 552 g/mol. The predicted octanol–water partition coefficient (Wildman–Crippen LogP) is 7.66. The molecule has 0 saturated carbocycles. The van der Waals surface area contributed by atoms with E-state index in [2.05, 4.69) is 15.5 Å². The normalized spacial score (nSPS) is 11.9. The topological polar surface area (TPSA) is 59.8 Å². The Morgan fingerprint density at radius 2 is 1.71 bits per heavy atom. The first-order valence-corrected chi connectivity index (χ1v) is 12.7. The SMILES string of the molecule is CC(NC(=O)c1ccc(Cl)c(Cl)c1)c1nnc(SCc2ccccc2)n1-c1ccc(Cl)cc1Cl. The molecular weight excluding hydrogens is 534 g/mol. The van der Waals surface area contributed by atoms with E-state index in [0.717, 1.165) is 5.56 Å². The van der Waals surface area contributed by atoms with Crippen molar-refractivity contribution in [3.8, 4) is 5.69 Å². The van der Waals surface area contributed by atoms with Gasteiger partial charge in [0.1, 0.15) is 0 Å². The summed E-state index contributed by atoms with van der Waals surface area (Å²) < 4.78 is 1.84. The van der Waals surface area contributed by atoms with Crippen LogP contribution < -0.4 is 5.32 Å². The number of thioether (sulfide) groups is 1. The second-order valence-electron chi connectivity index (χ2n) is 7.37. The molecule has 174 valence electrons. The molecule has 0 radical (unpaired) electrons. The van der Waals surface area contributed by atoms with E-state index in [0.29, 0.717) is 48.1 Å². The van der Waals surface area contributed by atoms with Crippen LogP contribution in [0.15, 0.2) is 71.9 Å². The summed E-state index contributed by atoms with van der Waals surface area (Å²) in [6, 6.07) is 19.5. The maximum Gasteiger partial charge on any atom is 0.251 e. The molecule has 0 fully saturated rings. The van der Waals surface area contributed by atoms with Crippen molar-refractivity contribution in [1.82, 2.24) is 20.1 Å². The second kappa shape index (κ2) is 11.0. The number of aromatic nitrogens is 3. The third-order valence-electron chi connectivity index (χ3n) is 4.94. The average Bonchev–Trinajstić information content (AvgIpc) is 3.24. The van der Waals surface area contributed by atoms with Gasteiger partial charge in [-0.15, -0.1) is 10.2 Å². The molecule has 1 atom stereocenters. The molecule has 0 saturated heterocycles. The van der Waals surface area contributed by atoms with Crippen molar-refractivity contribution >= 4 is 64.1 Å². The standard InChI is InChI=1S/C24H18Cl4N4OS/c1-14(29-23(33)16-7-9-18(26)19(27)11-16)22-30-31-24(34-13-15-5-3-2-4-6-15)32(22)21-10-8-17(25)12-20(21)28/h2-12,14H,13H2,1H3,(H,29,33). The molecule has 3 aromatic carbocycles. The van der Waals surface area contributed by atoms with Crippen LogP contribution in [-0.4, -0.2) is 20.7 Å². The van der Waals surface area contributed by atoms with Crippen LogP contribution in [0.25, 0.3) is 5.69 Å². The van der Waals surface area contributed by atoms with Gasteiger partial charge in [0.15, 0.2) is 11.0 Å². The lowest BCUT2D eigenvalue weighted by atomic mass is 10.2. The first-order chi connectivity index (χ1) is 16.3. The molecule has 0 aliphatic rings. The summed E-state index contributed by atoms with van der Waals surface area (Å²) in [4.78, 5) is 12.8. The summed E-state index contributed by atoms with van der Waals surface area (Å²) >= 11 is 26.2. The fourth-order valence-electron chi connectivity index (χ4n) is 3.25. The van der Waals surface area contributed by atoms with Crippen molar-refractivity contribution in [2.24, 2.45) is 0 Å². The number of halogens is 4. The zero-order valence-electron chi connectivity index (χ0n) is 17.8. The van der Waals surface area contributed by atoms with Gasteiger partial charge >= 0.3 is 0 Å². The number of carbonyl (C=O) groups excluding carboxylic acids is 1. The van der Waals surface area contributed by atoms with Crippen molar-refractivity contribution in [2.75, 3.05) is 0 Å². The summed E-state index contributed by atoms with van der Waals surface area (Å²) in [6.45, 7) is 1.82. The van der Waals surface area contributed by atoms with Crippen LogP contribution in [0.3, 0.4) is 0 Å². The Kier molecular flexibility index (Phi) is 8.06. The zero-order chi connectivity index (χ0) is 24.2. The number of rotatable bonds is 7. The Labute approximate surface area is 221 Å². The predicted molar refractivity (Wildman–Crippen MR) is 140 cm³/mol. The maximum absolute atomic E-state index is 12.8. The Hall–Kier alpha value is -2.22. The second-order valence-corrected chi connectivity index (χ2v) is 9.97. The molecule has 34 heavy (non-hydrogen) atoms. The number of hydrogen-bond acceptors (Lipinski definition) is 4. The van der Waals surface area contributed by atoms with E-state index in [1.165, 1.54) is 17.8 Å². The molecule has 0 bridgehead atoms. The van der Waals surface area contributed by atoms with Crippen LogP contribution in [0.5, 0.6) is 0 Å². The quantitative estimate of drug-likeness (QED) is 0.239. The molecule has 0 aliphatic carbocycles. The maximum atomic E-state index is 12.8. The number of hydrogen-bond donors (Lipinski definition) is 1. The molecule has 4 rings (SSSR count). The highest BCUT2D eigenvalue weighted by molar-refractivity contribution is 7.98. The highest BCUT2D eigenvalue weighted by Crippen LogP contribution is 2.32. The Morgan fingerprint density at radius 1 is 0.941 bits per heavy atom. The van der Waals surface area contributed by atoms with Crippen LogP contribution in [-0.2, 0) is 5.75 Å². The van der Waals surface area contributed by atoms with Crippen molar-refractivity contribution in [3.05, 3.63) is 104 Å². The molecule has 0 spiro atoms. The van der Waals surface area contributed by atoms with Gasteiger partial charge in [0.2, 0.25) is 0 Å². The van der Waals surface area contributed by atoms with Gasteiger partial charge in [0.25, 0.3) is 5.91 Å². The van der Waals surface area contributed by atoms with Crippen LogP contribution >= 0.6 is 58.2 Å². The van der Waals surface area contributed by atoms with Crippen LogP contribution in [0.4, 0.5) is 0 Å². The Balaban J connectivity index is 1.66. The summed E-state index contributed by atoms with van der Waals surface area (Å²) in [7, 11) is 0. The lowest BCUT2D eigenvalue weighted by molar-refractivity contribution is 0.0938.